The van der Waals surface area contributed by atoms with Crippen LogP contribution >= 0.6 is 0 Å². The number of hydrogen-bond donors (Lipinski definition) is 0. The van der Waals surface area contributed by atoms with E-state index in [9.17, 15) is 22.8 Å². The fourth-order valence-corrected chi connectivity index (χ4v) is 1.40. The Hall–Kier alpha value is -1.27. The van der Waals surface area contributed by atoms with Crippen LogP contribution in [-0.4, -0.2) is 18.1 Å². The minimum Gasteiger partial charge on any atom is -0.247 e. The normalized spacial score (nSPS) is 11.2. The molecule has 0 N–H and O–H groups in total. The highest BCUT2D eigenvalue weighted by Gasteiger charge is 2.43. The molecule has 112 valence electrons. The van der Waals surface area contributed by atoms with Crippen molar-refractivity contribution in [3.8, 4) is 0 Å². The van der Waals surface area contributed by atoms with Gasteiger partial charge in [0.15, 0.2) is 0 Å². The lowest BCUT2D eigenvalue weighted by Gasteiger charge is -2.05. The number of hydrogen-bond acceptors (Lipinski definition) is 4. The van der Waals surface area contributed by atoms with Crippen molar-refractivity contribution in [1.29, 1.82) is 0 Å². The number of carbonyl (C=O) groups excluding carboxylic acids is 2. The predicted octanol–water partition coefficient (Wildman–Crippen LogP) is 3.69. The topological polar surface area (TPSA) is 52.6 Å². The van der Waals surface area contributed by atoms with Gasteiger partial charge in [-0.1, -0.05) is 45.4 Å². The predicted molar refractivity (Wildman–Crippen MR) is 60.8 cm³/mol. The van der Waals surface area contributed by atoms with Gasteiger partial charge in [0.2, 0.25) is 0 Å². The van der Waals surface area contributed by atoms with Gasteiger partial charge in [0, 0.05) is 0 Å². The maximum Gasteiger partial charge on any atom is 0.495 e. The Morgan fingerprint density at radius 2 is 1.42 bits per heavy atom. The molecule has 4 nitrogen and oxygen atoms in total. The highest BCUT2D eigenvalue weighted by molar-refractivity contribution is 5.76. The molecule has 0 radical (unpaired) electrons. The van der Waals surface area contributed by atoms with Crippen molar-refractivity contribution in [2.45, 2.75) is 64.5 Å². The van der Waals surface area contributed by atoms with E-state index in [0.717, 1.165) is 32.1 Å². The van der Waals surface area contributed by atoms with Crippen LogP contribution in [0.1, 0.15) is 58.3 Å². The molecule has 0 atom stereocenters. The van der Waals surface area contributed by atoms with Gasteiger partial charge < -0.3 is 0 Å². The summed E-state index contributed by atoms with van der Waals surface area (Å²) in [6, 6.07) is 0. The highest BCUT2D eigenvalue weighted by Crippen LogP contribution is 2.16. The van der Waals surface area contributed by atoms with Crippen molar-refractivity contribution in [3.63, 3.8) is 0 Å². The number of halogens is 3. The summed E-state index contributed by atoms with van der Waals surface area (Å²) in [6.07, 6.45) is 1.61. The first-order valence-electron chi connectivity index (χ1n) is 6.36. The van der Waals surface area contributed by atoms with Crippen LogP contribution in [0.2, 0.25) is 0 Å². The first-order chi connectivity index (χ1) is 8.88. The van der Waals surface area contributed by atoms with Crippen LogP contribution in [0.15, 0.2) is 0 Å². The molecule has 0 aromatic rings. The van der Waals surface area contributed by atoms with E-state index in [1.165, 1.54) is 6.42 Å². The van der Waals surface area contributed by atoms with Crippen molar-refractivity contribution in [2.75, 3.05) is 0 Å². The van der Waals surface area contributed by atoms with E-state index in [1.807, 2.05) is 0 Å². The van der Waals surface area contributed by atoms with Gasteiger partial charge in [-0.25, -0.2) is 19.4 Å². The molecule has 0 saturated heterocycles. The monoisotopic (exact) mass is 284 g/mol. The van der Waals surface area contributed by atoms with Gasteiger partial charge in [0.1, 0.15) is 0 Å². The first-order valence-corrected chi connectivity index (χ1v) is 6.36. The van der Waals surface area contributed by atoms with Crippen LogP contribution in [0.5, 0.6) is 0 Å². The molecule has 0 heterocycles. The molecule has 0 amide bonds. The molecule has 0 aromatic carbocycles. The molecule has 0 aromatic heterocycles. The van der Waals surface area contributed by atoms with Crippen molar-refractivity contribution in [1.82, 2.24) is 0 Å². The van der Waals surface area contributed by atoms with Crippen LogP contribution in [-0.2, 0) is 19.4 Å². The second kappa shape index (κ2) is 9.63. The van der Waals surface area contributed by atoms with E-state index >= 15 is 0 Å². The number of rotatable bonds is 8. The van der Waals surface area contributed by atoms with Crippen LogP contribution in [0.4, 0.5) is 13.2 Å². The van der Waals surface area contributed by atoms with E-state index in [1.54, 1.807) is 0 Å². The molecule has 0 aliphatic rings. The zero-order valence-electron chi connectivity index (χ0n) is 10.9. The summed E-state index contributed by atoms with van der Waals surface area (Å²) in [5.74, 6) is -3.49. The van der Waals surface area contributed by atoms with Gasteiger partial charge in [-0.05, 0) is 6.42 Å². The van der Waals surface area contributed by atoms with Crippen LogP contribution in [0.25, 0.3) is 0 Å². The van der Waals surface area contributed by atoms with E-state index in [-0.39, 0.29) is 6.42 Å². The third-order valence-corrected chi connectivity index (χ3v) is 2.43. The van der Waals surface area contributed by atoms with E-state index in [0.29, 0.717) is 6.42 Å². The molecule has 0 spiro atoms. The van der Waals surface area contributed by atoms with Crippen molar-refractivity contribution in [3.05, 3.63) is 0 Å². The Morgan fingerprint density at radius 3 is 1.95 bits per heavy atom. The van der Waals surface area contributed by atoms with Crippen molar-refractivity contribution < 1.29 is 32.5 Å². The molecule has 0 saturated carbocycles. The Bertz CT molecular complexity index is 277. The maximum atomic E-state index is 11.7. The summed E-state index contributed by atoms with van der Waals surface area (Å²) >= 11 is 0. The van der Waals surface area contributed by atoms with E-state index in [2.05, 4.69) is 16.7 Å². The quantitative estimate of drug-likeness (QED) is 0.387. The molecule has 0 unspecified atom stereocenters. The fraction of sp³-hybridized carbons (Fsp3) is 0.833. The van der Waals surface area contributed by atoms with E-state index in [4.69, 9.17) is 0 Å². The standard InChI is InChI=1S/C12H19F3O4/c1-2-3-4-5-6-7-8-9-10(16)18-19-11(17)12(13,14)15/h2-9H2,1H3. The summed E-state index contributed by atoms with van der Waals surface area (Å²) in [4.78, 5) is 28.3. The third kappa shape index (κ3) is 10.3. The molecular formula is C12H19F3O4. The lowest BCUT2D eigenvalue weighted by Crippen LogP contribution is -2.26. The summed E-state index contributed by atoms with van der Waals surface area (Å²) in [5, 5.41) is 0. The zero-order chi connectivity index (χ0) is 14.7. The third-order valence-electron chi connectivity index (χ3n) is 2.43. The summed E-state index contributed by atoms with van der Waals surface area (Å²) in [7, 11) is 0. The molecular weight excluding hydrogens is 265 g/mol. The van der Waals surface area contributed by atoms with Crippen LogP contribution < -0.4 is 0 Å². The minimum atomic E-state index is -5.15. The molecule has 0 bridgehead atoms. The first kappa shape index (κ1) is 17.7. The Balaban J connectivity index is 3.48. The minimum absolute atomic E-state index is 0.0566. The largest absolute Gasteiger partial charge is 0.495 e. The fourth-order valence-electron chi connectivity index (χ4n) is 1.40. The SMILES string of the molecule is CCCCCCCCCC(=O)OOC(=O)C(F)(F)F. The van der Waals surface area contributed by atoms with Gasteiger partial charge in [-0.3, -0.25) is 0 Å². The molecule has 0 rings (SSSR count). The summed E-state index contributed by atoms with van der Waals surface area (Å²) < 4.78 is 35.1. The second-order valence-corrected chi connectivity index (χ2v) is 4.20. The van der Waals surface area contributed by atoms with Gasteiger partial charge in [0.05, 0.1) is 6.42 Å². The summed E-state index contributed by atoms with van der Waals surface area (Å²) in [5.41, 5.74) is 0. The van der Waals surface area contributed by atoms with Gasteiger partial charge >= 0.3 is 18.1 Å². The number of alkyl halides is 3. The number of carbonyl (C=O) groups is 2. The maximum absolute atomic E-state index is 11.7. The zero-order valence-corrected chi connectivity index (χ0v) is 10.9. The molecule has 0 fully saturated rings. The molecule has 0 aliphatic heterocycles. The van der Waals surface area contributed by atoms with E-state index < -0.39 is 18.1 Å². The average Bonchev–Trinajstić information content (AvgIpc) is 2.33. The van der Waals surface area contributed by atoms with Crippen LogP contribution in [0.3, 0.4) is 0 Å². The lowest BCUT2D eigenvalue weighted by atomic mass is 10.1. The average molecular weight is 284 g/mol. The molecule has 19 heavy (non-hydrogen) atoms. The summed E-state index contributed by atoms with van der Waals surface area (Å²) in [6.45, 7) is 2.11. The smallest absolute Gasteiger partial charge is 0.247 e. The van der Waals surface area contributed by atoms with Gasteiger partial charge in [-0.2, -0.15) is 13.2 Å². The van der Waals surface area contributed by atoms with Gasteiger partial charge in [-0.15, -0.1) is 0 Å². The Labute approximate surface area is 110 Å². The highest BCUT2D eigenvalue weighted by atomic mass is 19.4. The second-order valence-electron chi connectivity index (χ2n) is 4.20. The molecule has 7 heteroatoms. The van der Waals surface area contributed by atoms with Gasteiger partial charge in [0.25, 0.3) is 0 Å². The Kier molecular flexibility index (Phi) is 8.99. The van der Waals surface area contributed by atoms with Crippen molar-refractivity contribution in [2.24, 2.45) is 0 Å². The number of unbranched alkanes of at least 4 members (excludes halogenated alkanes) is 6. The lowest BCUT2D eigenvalue weighted by molar-refractivity contribution is -0.285. The van der Waals surface area contributed by atoms with Crippen LogP contribution in [0, 0.1) is 0 Å². The van der Waals surface area contributed by atoms with Crippen molar-refractivity contribution >= 4 is 11.9 Å². The Morgan fingerprint density at radius 1 is 0.895 bits per heavy atom. The molecule has 0 aliphatic carbocycles.